The Hall–Kier alpha value is 0.756. The molecule has 0 spiro atoms. The molecule has 0 amide bonds. The lowest BCUT2D eigenvalue weighted by Gasteiger charge is -1.99. The predicted octanol–water partition coefficient (Wildman–Crippen LogP) is 3.71. The fourth-order valence-electron chi connectivity index (χ4n) is 1.07. The molecule has 0 radical (unpaired) electrons. The van der Waals surface area contributed by atoms with Crippen LogP contribution in [0.3, 0.4) is 0 Å². The lowest BCUT2D eigenvalue weighted by Crippen LogP contribution is -1.85. The van der Waals surface area contributed by atoms with Crippen LogP contribution in [0, 0.1) is 0 Å². The van der Waals surface area contributed by atoms with Gasteiger partial charge in [-0.05, 0) is 24.1 Å². The summed E-state index contributed by atoms with van der Waals surface area (Å²) in [7, 11) is 0. The second-order valence-corrected chi connectivity index (χ2v) is 6.67. The second-order valence-electron chi connectivity index (χ2n) is 2.77. The van der Waals surface area contributed by atoms with Crippen molar-refractivity contribution in [2.45, 2.75) is 17.4 Å². The zero-order chi connectivity index (χ0) is 8.81. The number of benzene rings is 1. The molecule has 0 unspecified atom stereocenters. The normalized spacial score (nSPS) is 9.50. The Bertz CT molecular complexity index is 222. The molecule has 1 aromatic rings. The molecule has 0 fully saturated rings. The zero-order valence-electron chi connectivity index (χ0n) is 6.89. The van der Waals surface area contributed by atoms with Crippen LogP contribution < -0.4 is 0 Å². The van der Waals surface area contributed by atoms with Crippen molar-refractivity contribution >= 4 is 42.7 Å². The molecule has 0 nitrogen and oxygen atoms in total. The van der Waals surface area contributed by atoms with Crippen LogP contribution in [0.25, 0.3) is 0 Å². The highest BCUT2D eigenvalue weighted by atomic mass is 79.9. The number of halogens is 2. The summed E-state index contributed by atoms with van der Waals surface area (Å²) in [6.07, 6.45) is 2.49. The second kappa shape index (κ2) is 6.25. The van der Waals surface area contributed by atoms with Crippen LogP contribution in [0.4, 0.5) is 0 Å². The Morgan fingerprint density at radius 3 is 2.50 bits per heavy atom. The van der Waals surface area contributed by atoms with E-state index in [-0.39, 0.29) is 18.2 Å². The maximum atomic E-state index is 5.77. The van der Waals surface area contributed by atoms with Gasteiger partial charge in [-0.1, -0.05) is 30.2 Å². The van der Waals surface area contributed by atoms with Crippen molar-refractivity contribution in [3.8, 4) is 0 Å². The number of aryl methyl sites for hydroxylation is 1. The highest BCUT2D eigenvalue weighted by Crippen LogP contribution is 2.11. The van der Waals surface area contributed by atoms with Crippen LogP contribution in [-0.4, -0.2) is 18.2 Å². The average Bonchev–Trinajstić information content (AvgIpc) is 2.09. The standard InChI is InChI=1S/C9H10Cl.BrH.Mg/c1-2-3-8-4-6-9(10)7-5-8;;/h4-7H,1-3H2;1H;/q;;+1/p-1. The molecule has 1 aromatic carbocycles. The molecule has 0 aliphatic rings. The van der Waals surface area contributed by atoms with Gasteiger partial charge in [0.15, 0.2) is 0 Å². The smallest absolute Gasteiger partial charge is 0.307 e. The van der Waals surface area contributed by atoms with Crippen LogP contribution in [0.1, 0.15) is 12.0 Å². The molecule has 0 N–H and O–H groups in total. The van der Waals surface area contributed by atoms with Crippen molar-refractivity contribution < 1.29 is 0 Å². The van der Waals surface area contributed by atoms with Crippen LogP contribution in [0.15, 0.2) is 24.3 Å². The first-order valence-corrected chi connectivity index (χ1v) is 9.41. The fraction of sp³-hybridized carbons (Fsp3) is 0.333. The SMILES string of the molecule is Clc1ccc(CC[CH2][Mg][Br])cc1. The lowest BCUT2D eigenvalue weighted by molar-refractivity contribution is 0.918. The minimum atomic E-state index is 0.0767. The third-order valence-electron chi connectivity index (χ3n) is 1.76. The highest BCUT2D eigenvalue weighted by molar-refractivity contribution is 9.23. The Morgan fingerprint density at radius 2 is 1.92 bits per heavy atom. The Morgan fingerprint density at radius 1 is 1.25 bits per heavy atom. The van der Waals surface area contributed by atoms with Crippen molar-refractivity contribution in [2.24, 2.45) is 0 Å². The molecule has 0 atom stereocenters. The van der Waals surface area contributed by atoms with Gasteiger partial charge in [0.25, 0.3) is 0 Å². The first-order valence-electron chi connectivity index (χ1n) is 4.13. The van der Waals surface area contributed by atoms with E-state index in [2.05, 4.69) is 25.0 Å². The molecule has 0 aliphatic heterocycles. The van der Waals surface area contributed by atoms with Gasteiger partial charge in [0.05, 0.1) is 0 Å². The lowest BCUT2D eigenvalue weighted by atomic mass is 10.1. The Labute approximate surface area is 94.3 Å². The molecule has 0 saturated carbocycles. The summed E-state index contributed by atoms with van der Waals surface area (Å²) >= 11 is 9.40. The molecule has 0 bridgehead atoms. The third-order valence-corrected chi connectivity index (χ3v) is 4.46. The van der Waals surface area contributed by atoms with Crippen LogP contribution in [-0.2, 0) is 6.42 Å². The van der Waals surface area contributed by atoms with Crippen molar-refractivity contribution in [3.63, 3.8) is 0 Å². The first kappa shape index (κ1) is 10.8. The van der Waals surface area contributed by atoms with Crippen molar-refractivity contribution in [1.29, 1.82) is 0 Å². The van der Waals surface area contributed by atoms with E-state index in [9.17, 15) is 0 Å². The summed E-state index contributed by atoms with van der Waals surface area (Å²) in [6, 6.07) is 8.14. The topological polar surface area (TPSA) is 0 Å². The first-order chi connectivity index (χ1) is 5.83. The van der Waals surface area contributed by atoms with Crippen LogP contribution >= 0.6 is 24.5 Å². The molecule has 0 saturated heterocycles. The average molecular weight is 258 g/mol. The highest BCUT2D eigenvalue weighted by Gasteiger charge is 1.94. The molecule has 0 aliphatic carbocycles. The van der Waals surface area contributed by atoms with Crippen molar-refractivity contribution in [2.75, 3.05) is 0 Å². The van der Waals surface area contributed by atoms with E-state index >= 15 is 0 Å². The zero-order valence-corrected chi connectivity index (χ0v) is 10.6. The molecular formula is C9H10BrClMg. The minimum Gasteiger partial charge on any atom is -0.307 e. The van der Waals surface area contributed by atoms with Crippen LogP contribution in [0.5, 0.6) is 0 Å². The molecular weight excluding hydrogens is 248 g/mol. The predicted molar refractivity (Wildman–Crippen MR) is 59.3 cm³/mol. The maximum absolute atomic E-state index is 5.77. The number of hydrogen-bond acceptors (Lipinski definition) is 0. The quantitative estimate of drug-likeness (QED) is 0.570. The summed E-state index contributed by atoms with van der Waals surface area (Å²) in [5, 5.41) is 0.827. The summed E-state index contributed by atoms with van der Waals surface area (Å²) in [5.41, 5.74) is 1.40. The van der Waals surface area contributed by atoms with Crippen molar-refractivity contribution in [3.05, 3.63) is 34.9 Å². The van der Waals surface area contributed by atoms with E-state index in [0.717, 1.165) is 5.02 Å². The van der Waals surface area contributed by atoms with Gasteiger partial charge < -0.3 is 12.9 Å². The van der Waals surface area contributed by atoms with E-state index in [0.29, 0.717) is 0 Å². The largest absolute Gasteiger partial charge is 0.468 e. The van der Waals surface area contributed by atoms with Gasteiger partial charge in [0, 0.05) is 5.02 Å². The summed E-state index contributed by atoms with van der Waals surface area (Å²) in [5.74, 6) is 0. The Balaban J connectivity index is 2.37. The number of hydrogen-bond donors (Lipinski definition) is 0. The van der Waals surface area contributed by atoms with Gasteiger partial charge in [-0.25, -0.2) is 0 Å². The molecule has 1 rings (SSSR count). The summed E-state index contributed by atoms with van der Waals surface area (Å²) in [6.45, 7) is 0. The molecule has 3 heteroatoms. The van der Waals surface area contributed by atoms with Gasteiger partial charge >= 0.3 is 18.2 Å². The van der Waals surface area contributed by atoms with Gasteiger partial charge in [-0.15, -0.1) is 4.55 Å². The van der Waals surface area contributed by atoms with Crippen LogP contribution in [0.2, 0.25) is 9.57 Å². The van der Waals surface area contributed by atoms with Crippen molar-refractivity contribution in [1.82, 2.24) is 0 Å². The monoisotopic (exact) mass is 256 g/mol. The van der Waals surface area contributed by atoms with E-state index in [1.54, 1.807) is 0 Å². The number of rotatable bonds is 4. The van der Waals surface area contributed by atoms with Gasteiger partial charge in [0.1, 0.15) is 0 Å². The van der Waals surface area contributed by atoms with E-state index in [1.807, 2.05) is 12.1 Å². The maximum Gasteiger partial charge on any atom is 0.468 e. The summed E-state index contributed by atoms with van der Waals surface area (Å²) < 4.78 is 1.38. The Kier molecular flexibility index (Phi) is 5.64. The minimum absolute atomic E-state index is 0.0767. The van der Waals surface area contributed by atoms with Gasteiger partial charge in [-0.2, -0.15) is 0 Å². The summed E-state index contributed by atoms with van der Waals surface area (Å²) in [4.78, 5) is 0. The van der Waals surface area contributed by atoms with Gasteiger partial charge in [-0.3, -0.25) is 0 Å². The van der Waals surface area contributed by atoms with E-state index in [1.165, 1.54) is 23.0 Å². The third kappa shape index (κ3) is 4.12. The van der Waals surface area contributed by atoms with E-state index < -0.39 is 0 Å². The molecule has 0 heterocycles. The van der Waals surface area contributed by atoms with E-state index in [4.69, 9.17) is 11.6 Å². The van der Waals surface area contributed by atoms with Gasteiger partial charge in [0.2, 0.25) is 0 Å². The molecule has 12 heavy (non-hydrogen) atoms. The molecule has 0 aromatic heterocycles. The molecule has 62 valence electrons. The fourth-order valence-corrected chi connectivity index (χ4v) is 2.83.